The predicted octanol–water partition coefficient (Wildman–Crippen LogP) is 3.01. The molecule has 0 bridgehead atoms. The number of halogens is 2. The van der Waals surface area contributed by atoms with Crippen LogP contribution in [0.2, 0.25) is 0 Å². The molecule has 0 radical (unpaired) electrons. The second kappa shape index (κ2) is 4.97. The fourth-order valence-corrected chi connectivity index (χ4v) is 2.39. The number of hydrogen-bond donors (Lipinski definition) is 0. The average molecular weight is 302 g/mol. The molecule has 0 spiro atoms. The Morgan fingerprint density at radius 2 is 2.31 bits per heavy atom. The van der Waals surface area contributed by atoms with E-state index in [0.29, 0.717) is 11.3 Å². The molecular formula is C10H9BrFN3S. The molecule has 2 aromatic rings. The van der Waals surface area contributed by atoms with Crippen molar-refractivity contribution in [3.05, 3.63) is 40.4 Å². The minimum absolute atomic E-state index is 0.205. The largest absolute Gasteiger partial charge is 0.312 e. The van der Waals surface area contributed by atoms with Gasteiger partial charge in [0.2, 0.25) is 0 Å². The molecule has 0 N–H and O–H groups in total. The van der Waals surface area contributed by atoms with E-state index >= 15 is 0 Å². The van der Waals surface area contributed by atoms with Gasteiger partial charge in [-0.3, -0.25) is 0 Å². The lowest BCUT2D eigenvalue weighted by Crippen LogP contribution is -1.92. The number of rotatable bonds is 3. The quantitative estimate of drug-likeness (QED) is 0.817. The van der Waals surface area contributed by atoms with Crippen LogP contribution >= 0.6 is 27.7 Å². The summed E-state index contributed by atoms with van der Waals surface area (Å²) in [5, 5.41) is 8.46. The van der Waals surface area contributed by atoms with E-state index in [1.165, 1.54) is 17.8 Å². The number of benzene rings is 1. The lowest BCUT2D eigenvalue weighted by Gasteiger charge is -2.03. The van der Waals surface area contributed by atoms with Crippen LogP contribution < -0.4 is 0 Å². The standard InChI is InChI=1S/C10H9BrFN3S/c1-15-6-13-14-10(15)16-5-7-2-3-8(11)4-9(7)12/h2-4,6H,5H2,1H3. The summed E-state index contributed by atoms with van der Waals surface area (Å²) in [7, 11) is 1.86. The van der Waals surface area contributed by atoms with Crippen LogP contribution in [0.3, 0.4) is 0 Å². The van der Waals surface area contributed by atoms with E-state index in [1.807, 2.05) is 13.1 Å². The third-order valence-corrected chi connectivity index (χ3v) is 3.62. The van der Waals surface area contributed by atoms with Gasteiger partial charge in [0.25, 0.3) is 0 Å². The Morgan fingerprint density at radius 1 is 1.50 bits per heavy atom. The fraction of sp³-hybridized carbons (Fsp3) is 0.200. The summed E-state index contributed by atoms with van der Waals surface area (Å²) in [5.41, 5.74) is 0.663. The molecule has 1 aromatic carbocycles. The number of aromatic nitrogens is 3. The fourth-order valence-electron chi connectivity index (χ4n) is 1.18. The molecule has 0 unspecified atom stereocenters. The highest BCUT2D eigenvalue weighted by atomic mass is 79.9. The van der Waals surface area contributed by atoms with Gasteiger partial charge in [-0.05, 0) is 17.7 Å². The summed E-state index contributed by atoms with van der Waals surface area (Å²) >= 11 is 4.69. The number of thioether (sulfide) groups is 1. The van der Waals surface area contributed by atoms with Crippen molar-refractivity contribution in [3.63, 3.8) is 0 Å². The summed E-state index contributed by atoms with van der Waals surface area (Å²) in [6, 6.07) is 5.06. The average Bonchev–Trinajstić information content (AvgIpc) is 2.63. The van der Waals surface area contributed by atoms with Crippen molar-refractivity contribution < 1.29 is 4.39 Å². The van der Waals surface area contributed by atoms with E-state index in [-0.39, 0.29) is 5.82 Å². The van der Waals surface area contributed by atoms with Crippen molar-refractivity contribution in [2.24, 2.45) is 7.05 Å². The molecule has 84 valence electrons. The van der Waals surface area contributed by atoms with Crippen LogP contribution in [0, 0.1) is 5.82 Å². The van der Waals surface area contributed by atoms with Crippen LogP contribution in [-0.2, 0) is 12.8 Å². The molecule has 1 aromatic heterocycles. The third kappa shape index (κ3) is 2.62. The van der Waals surface area contributed by atoms with Gasteiger partial charge in [-0.1, -0.05) is 33.8 Å². The normalized spacial score (nSPS) is 10.7. The van der Waals surface area contributed by atoms with Crippen molar-refractivity contribution in [2.75, 3.05) is 0 Å². The number of nitrogens with zero attached hydrogens (tertiary/aromatic N) is 3. The van der Waals surface area contributed by atoms with Crippen LogP contribution in [0.1, 0.15) is 5.56 Å². The van der Waals surface area contributed by atoms with Gasteiger partial charge in [0.1, 0.15) is 12.1 Å². The van der Waals surface area contributed by atoms with Gasteiger partial charge < -0.3 is 4.57 Å². The van der Waals surface area contributed by atoms with Gasteiger partial charge in [-0.2, -0.15) is 0 Å². The third-order valence-electron chi connectivity index (χ3n) is 2.04. The minimum Gasteiger partial charge on any atom is -0.312 e. The highest BCUT2D eigenvalue weighted by Gasteiger charge is 2.06. The summed E-state index contributed by atoms with van der Waals surface area (Å²) in [6.07, 6.45) is 1.63. The maximum absolute atomic E-state index is 13.5. The van der Waals surface area contributed by atoms with E-state index in [1.54, 1.807) is 17.0 Å². The predicted molar refractivity (Wildman–Crippen MR) is 64.7 cm³/mol. The molecule has 1 heterocycles. The molecule has 0 aliphatic rings. The number of aryl methyl sites for hydroxylation is 1. The number of hydrogen-bond acceptors (Lipinski definition) is 3. The van der Waals surface area contributed by atoms with Crippen molar-refractivity contribution in [3.8, 4) is 0 Å². The minimum atomic E-state index is -0.205. The van der Waals surface area contributed by atoms with E-state index in [4.69, 9.17) is 0 Å². The molecule has 0 atom stereocenters. The lowest BCUT2D eigenvalue weighted by molar-refractivity contribution is 0.616. The van der Waals surface area contributed by atoms with Gasteiger partial charge >= 0.3 is 0 Å². The van der Waals surface area contributed by atoms with Gasteiger partial charge in [-0.25, -0.2) is 4.39 Å². The van der Waals surface area contributed by atoms with Gasteiger partial charge in [0.15, 0.2) is 5.16 Å². The zero-order valence-corrected chi connectivity index (χ0v) is 10.9. The maximum atomic E-state index is 13.5. The highest BCUT2D eigenvalue weighted by molar-refractivity contribution is 9.10. The molecule has 6 heteroatoms. The smallest absolute Gasteiger partial charge is 0.191 e. The molecule has 0 fully saturated rings. The lowest BCUT2D eigenvalue weighted by atomic mass is 10.2. The van der Waals surface area contributed by atoms with Crippen molar-refractivity contribution in [1.29, 1.82) is 0 Å². The Bertz CT molecular complexity index is 501. The zero-order valence-electron chi connectivity index (χ0n) is 8.52. The first-order valence-electron chi connectivity index (χ1n) is 4.57. The second-order valence-electron chi connectivity index (χ2n) is 3.25. The van der Waals surface area contributed by atoms with Crippen LogP contribution in [0.4, 0.5) is 4.39 Å². The van der Waals surface area contributed by atoms with E-state index in [2.05, 4.69) is 26.1 Å². The van der Waals surface area contributed by atoms with E-state index < -0.39 is 0 Å². The molecule has 0 saturated heterocycles. The van der Waals surface area contributed by atoms with E-state index in [0.717, 1.165) is 9.63 Å². The second-order valence-corrected chi connectivity index (χ2v) is 5.11. The first kappa shape index (κ1) is 11.6. The van der Waals surface area contributed by atoms with Crippen molar-refractivity contribution in [2.45, 2.75) is 10.9 Å². The molecular weight excluding hydrogens is 293 g/mol. The Balaban J connectivity index is 2.08. The maximum Gasteiger partial charge on any atom is 0.191 e. The Morgan fingerprint density at radius 3 is 2.94 bits per heavy atom. The Hall–Kier alpha value is -0.880. The van der Waals surface area contributed by atoms with Crippen molar-refractivity contribution in [1.82, 2.24) is 14.8 Å². The topological polar surface area (TPSA) is 30.7 Å². The van der Waals surface area contributed by atoms with E-state index in [9.17, 15) is 4.39 Å². The van der Waals surface area contributed by atoms with Crippen molar-refractivity contribution >= 4 is 27.7 Å². The molecule has 16 heavy (non-hydrogen) atoms. The van der Waals surface area contributed by atoms with Gasteiger partial charge in [0, 0.05) is 17.3 Å². The van der Waals surface area contributed by atoms with Crippen LogP contribution in [0.15, 0.2) is 34.2 Å². The Labute approximate surface area is 105 Å². The summed E-state index contributed by atoms with van der Waals surface area (Å²) in [6.45, 7) is 0. The van der Waals surface area contributed by atoms with Crippen LogP contribution in [0.5, 0.6) is 0 Å². The zero-order chi connectivity index (χ0) is 11.5. The first-order valence-corrected chi connectivity index (χ1v) is 6.35. The molecule has 3 nitrogen and oxygen atoms in total. The van der Waals surface area contributed by atoms with Gasteiger partial charge in [0.05, 0.1) is 0 Å². The summed E-state index contributed by atoms with van der Waals surface area (Å²) < 4.78 is 16.0. The van der Waals surface area contributed by atoms with Crippen LogP contribution in [0.25, 0.3) is 0 Å². The molecule has 0 saturated carbocycles. The SMILES string of the molecule is Cn1cnnc1SCc1ccc(Br)cc1F. The molecule has 0 amide bonds. The monoisotopic (exact) mass is 301 g/mol. The van der Waals surface area contributed by atoms with Crippen LogP contribution in [-0.4, -0.2) is 14.8 Å². The summed E-state index contributed by atoms with van der Waals surface area (Å²) in [5.74, 6) is 0.343. The molecule has 2 rings (SSSR count). The molecule has 0 aliphatic carbocycles. The highest BCUT2D eigenvalue weighted by Crippen LogP contribution is 2.23. The summed E-state index contributed by atoms with van der Waals surface area (Å²) in [4.78, 5) is 0. The van der Waals surface area contributed by atoms with Gasteiger partial charge in [-0.15, -0.1) is 10.2 Å². The molecule has 0 aliphatic heterocycles. The Kier molecular flexibility index (Phi) is 3.60. The first-order chi connectivity index (χ1) is 7.66.